The first-order valence-corrected chi connectivity index (χ1v) is 12.6. The van der Waals surface area contributed by atoms with Gasteiger partial charge in [0.1, 0.15) is 0 Å². The van der Waals surface area contributed by atoms with Crippen molar-refractivity contribution in [2.75, 3.05) is 26.2 Å². The van der Waals surface area contributed by atoms with Crippen molar-refractivity contribution in [1.29, 1.82) is 0 Å². The Morgan fingerprint density at radius 3 is 2.45 bits per heavy atom. The van der Waals surface area contributed by atoms with E-state index in [2.05, 4.69) is 10.0 Å². The maximum Gasteiger partial charge on any atom is 0.241 e. The average Bonchev–Trinajstić information content (AvgIpc) is 3.31. The van der Waals surface area contributed by atoms with E-state index >= 15 is 0 Å². The Morgan fingerprint density at radius 1 is 1.12 bits per heavy atom. The van der Waals surface area contributed by atoms with Crippen LogP contribution in [0.3, 0.4) is 0 Å². The number of ether oxygens (including phenoxy) is 1. The third kappa shape index (κ3) is 7.82. The van der Waals surface area contributed by atoms with Gasteiger partial charge in [-0.05, 0) is 49.6 Å². The van der Waals surface area contributed by atoms with Crippen molar-refractivity contribution in [2.45, 2.75) is 37.3 Å². The van der Waals surface area contributed by atoms with Crippen molar-refractivity contribution in [3.63, 3.8) is 0 Å². The van der Waals surface area contributed by atoms with Gasteiger partial charge in [-0.2, -0.15) is 0 Å². The predicted molar refractivity (Wildman–Crippen MR) is 125 cm³/mol. The lowest BCUT2D eigenvalue weighted by molar-refractivity contribution is -0.135. The topological polar surface area (TPSA) is 105 Å². The van der Waals surface area contributed by atoms with E-state index in [1.165, 1.54) is 17.0 Å². The number of sulfonamides is 1. The van der Waals surface area contributed by atoms with E-state index < -0.39 is 22.5 Å². The predicted octanol–water partition coefficient (Wildman–Crippen LogP) is 2.25. The summed E-state index contributed by atoms with van der Waals surface area (Å²) in [7, 11) is -3.87. The molecular weight excluding hydrogens is 466 g/mol. The number of carbonyl (C=O) groups is 2. The van der Waals surface area contributed by atoms with Gasteiger partial charge in [0.25, 0.3) is 0 Å². The highest BCUT2D eigenvalue weighted by atomic mass is 35.5. The Balaban J connectivity index is 1.64. The van der Waals surface area contributed by atoms with Gasteiger partial charge in [-0.1, -0.05) is 41.4 Å². The average molecular weight is 494 g/mol. The molecule has 1 aliphatic rings. The van der Waals surface area contributed by atoms with Gasteiger partial charge < -0.3 is 15.0 Å². The molecule has 1 aliphatic heterocycles. The monoisotopic (exact) mass is 493 g/mol. The van der Waals surface area contributed by atoms with Crippen LogP contribution in [0.2, 0.25) is 5.02 Å². The quantitative estimate of drug-likeness (QED) is 0.528. The third-order valence-corrected chi connectivity index (χ3v) is 6.94. The van der Waals surface area contributed by atoms with Crippen LogP contribution in [0.1, 0.15) is 24.0 Å². The highest BCUT2D eigenvalue weighted by Crippen LogP contribution is 2.13. The standard InChI is InChI=1S/C23H28ClN3O5S/c1-17-4-10-21(11-5-17)33(30,31)26-14-23(29)27(15-18-6-8-19(24)9-7-18)16-22(28)25-13-20-3-2-12-32-20/h4-11,20,26H,2-3,12-16H2,1H3,(H,25,28)/t20-/m0/s1. The maximum absolute atomic E-state index is 12.9. The molecule has 0 aliphatic carbocycles. The molecule has 0 bridgehead atoms. The molecule has 10 heteroatoms. The largest absolute Gasteiger partial charge is 0.376 e. The molecule has 178 valence electrons. The molecule has 8 nitrogen and oxygen atoms in total. The van der Waals surface area contributed by atoms with Gasteiger partial charge in [-0.25, -0.2) is 13.1 Å². The number of nitrogens with one attached hydrogen (secondary N) is 2. The van der Waals surface area contributed by atoms with Crippen LogP contribution in [-0.2, 0) is 30.9 Å². The van der Waals surface area contributed by atoms with E-state index in [1.807, 2.05) is 6.92 Å². The molecule has 2 aromatic carbocycles. The van der Waals surface area contributed by atoms with Crippen LogP contribution in [0.5, 0.6) is 0 Å². The van der Waals surface area contributed by atoms with Crippen LogP contribution < -0.4 is 10.0 Å². The minimum Gasteiger partial charge on any atom is -0.376 e. The van der Waals surface area contributed by atoms with Crippen molar-refractivity contribution in [2.24, 2.45) is 0 Å². The van der Waals surface area contributed by atoms with E-state index in [4.69, 9.17) is 16.3 Å². The fraction of sp³-hybridized carbons (Fsp3) is 0.391. The lowest BCUT2D eigenvalue weighted by atomic mass is 10.2. The first-order valence-electron chi connectivity index (χ1n) is 10.7. The minimum atomic E-state index is -3.87. The van der Waals surface area contributed by atoms with Gasteiger partial charge in [-0.15, -0.1) is 0 Å². The van der Waals surface area contributed by atoms with Crippen LogP contribution in [0.4, 0.5) is 0 Å². The summed E-state index contributed by atoms with van der Waals surface area (Å²) in [5.74, 6) is -0.859. The van der Waals surface area contributed by atoms with Crippen molar-refractivity contribution in [3.05, 3.63) is 64.7 Å². The summed E-state index contributed by atoms with van der Waals surface area (Å²) in [5, 5.41) is 3.34. The SMILES string of the molecule is Cc1ccc(S(=O)(=O)NCC(=O)N(CC(=O)NC[C@@H]2CCCO2)Cc2ccc(Cl)cc2)cc1. The van der Waals surface area contributed by atoms with E-state index in [0.717, 1.165) is 24.0 Å². The second kappa shape index (κ2) is 11.6. The molecular formula is C23H28ClN3O5S. The number of hydrogen-bond donors (Lipinski definition) is 2. The van der Waals surface area contributed by atoms with Crippen LogP contribution in [0.15, 0.2) is 53.4 Å². The number of nitrogens with zero attached hydrogens (tertiary/aromatic N) is 1. The number of aryl methyl sites for hydroxylation is 1. The molecule has 1 atom stereocenters. The zero-order valence-electron chi connectivity index (χ0n) is 18.4. The summed E-state index contributed by atoms with van der Waals surface area (Å²) in [6, 6.07) is 13.2. The van der Waals surface area contributed by atoms with E-state index in [0.29, 0.717) is 18.2 Å². The summed E-state index contributed by atoms with van der Waals surface area (Å²) in [6.45, 7) is 2.37. The number of halogens is 1. The molecule has 0 unspecified atom stereocenters. The fourth-order valence-electron chi connectivity index (χ4n) is 3.37. The Bertz CT molecular complexity index is 1050. The van der Waals surface area contributed by atoms with Gasteiger partial charge in [-0.3, -0.25) is 9.59 Å². The number of hydrogen-bond acceptors (Lipinski definition) is 5. The van der Waals surface area contributed by atoms with E-state index in [-0.39, 0.29) is 30.0 Å². The summed E-state index contributed by atoms with van der Waals surface area (Å²) < 4.78 is 32.9. The molecule has 2 amide bonds. The molecule has 33 heavy (non-hydrogen) atoms. The number of amides is 2. The molecule has 1 saturated heterocycles. The van der Waals surface area contributed by atoms with Gasteiger partial charge in [0.15, 0.2) is 0 Å². The molecule has 1 heterocycles. The second-order valence-electron chi connectivity index (χ2n) is 7.95. The third-order valence-electron chi connectivity index (χ3n) is 5.27. The Kier molecular flexibility index (Phi) is 8.85. The highest BCUT2D eigenvalue weighted by Gasteiger charge is 2.22. The molecule has 0 aromatic heterocycles. The van der Waals surface area contributed by atoms with Crippen molar-refractivity contribution in [1.82, 2.24) is 14.9 Å². The van der Waals surface area contributed by atoms with Crippen LogP contribution in [0, 0.1) is 6.92 Å². The summed E-state index contributed by atoms with van der Waals surface area (Å²) in [6.07, 6.45) is 1.83. The molecule has 3 rings (SSSR count). The van der Waals surface area contributed by atoms with Gasteiger partial charge in [0.05, 0.1) is 24.1 Å². The zero-order valence-corrected chi connectivity index (χ0v) is 20.0. The molecule has 0 radical (unpaired) electrons. The van der Waals surface area contributed by atoms with Crippen LogP contribution >= 0.6 is 11.6 Å². The molecule has 0 saturated carbocycles. The normalized spacial score (nSPS) is 15.9. The summed E-state index contributed by atoms with van der Waals surface area (Å²) in [4.78, 5) is 26.8. The number of benzene rings is 2. The van der Waals surface area contributed by atoms with E-state index in [9.17, 15) is 18.0 Å². The van der Waals surface area contributed by atoms with Gasteiger partial charge in [0.2, 0.25) is 21.8 Å². The van der Waals surface area contributed by atoms with Crippen LogP contribution in [0.25, 0.3) is 0 Å². The summed E-state index contributed by atoms with van der Waals surface area (Å²) >= 11 is 5.93. The van der Waals surface area contributed by atoms with Gasteiger partial charge >= 0.3 is 0 Å². The van der Waals surface area contributed by atoms with E-state index in [1.54, 1.807) is 36.4 Å². The number of carbonyl (C=O) groups excluding carboxylic acids is 2. The summed E-state index contributed by atoms with van der Waals surface area (Å²) in [5.41, 5.74) is 1.69. The molecule has 1 fully saturated rings. The van der Waals surface area contributed by atoms with Gasteiger partial charge in [0, 0.05) is 24.7 Å². The Morgan fingerprint density at radius 2 is 1.82 bits per heavy atom. The molecule has 0 spiro atoms. The molecule has 2 N–H and O–H groups in total. The Hall–Kier alpha value is -2.46. The number of rotatable bonds is 10. The maximum atomic E-state index is 12.9. The lowest BCUT2D eigenvalue weighted by Crippen LogP contribution is -2.45. The fourth-order valence-corrected chi connectivity index (χ4v) is 4.47. The zero-order chi connectivity index (χ0) is 23.8. The van der Waals surface area contributed by atoms with Crippen molar-refractivity contribution < 1.29 is 22.7 Å². The van der Waals surface area contributed by atoms with Crippen molar-refractivity contribution >= 4 is 33.4 Å². The molecule has 2 aromatic rings. The lowest BCUT2D eigenvalue weighted by Gasteiger charge is -2.23. The smallest absolute Gasteiger partial charge is 0.241 e. The second-order valence-corrected chi connectivity index (χ2v) is 10.2. The van der Waals surface area contributed by atoms with Crippen molar-refractivity contribution in [3.8, 4) is 0 Å². The first kappa shape index (κ1) is 25.2. The Labute approximate surface area is 199 Å². The minimum absolute atomic E-state index is 0.0179. The highest BCUT2D eigenvalue weighted by molar-refractivity contribution is 7.89. The first-order chi connectivity index (χ1) is 15.7. The van der Waals surface area contributed by atoms with Crippen LogP contribution in [-0.4, -0.2) is 57.5 Å².